The van der Waals surface area contributed by atoms with E-state index in [0.29, 0.717) is 30.2 Å². The van der Waals surface area contributed by atoms with Crippen LogP contribution in [0.4, 0.5) is 5.69 Å². The molecule has 9 heteroatoms. The molecule has 1 aromatic heterocycles. The van der Waals surface area contributed by atoms with Gasteiger partial charge in [-0.15, -0.1) is 0 Å². The van der Waals surface area contributed by atoms with Gasteiger partial charge in [0.1, 0.15) is 18.9 Å². The average molecular weight is 493 g/mol. The molecule has 0 radical (unpaired) electrons. The van der Waals surface area contributed by atoms with Crippen molar-refractivity contribution in [1.82, 2.24) is 5.32 Å². The van der Waals surface area contributed by atoms with Gasteiger partial charge in [-0.2, -0.15) is 0 Å². The zero-order valence-electron chi connectivity index (χ0n) is 18.9. The molecule has 0 unspecified atom stereocenters. The summed E-state index contributed by atoms with van der Waals surface area (Å²) in [6.45, 7) is 0.916. The summed E-state index contributed by atoms with van der Waals surface area (Å²) < 4.78 is 16.1. The number of benzene rings is 2. The molecule has 0 bridgehead atoms. The maximum absolute atomic E-state index is 13.5. The van der Waals surface area contributed by atoms with E-state index in [1.54, 1.807) is 42.5 Å². The Morgan fingerprint density at radius 2 is 2.00 bits per heavy atom. The molecule has 1 fully saturated rings. The van der Waals surface area contributed by atoms with Gasteiger partial charge in [-0.3, -0.25) is 14.5 Å². The second-order valence-electron chi connectivity index (χ2n) is 8.27. The van der Waals surface area contributed by atoms with Crippen LogP contribution in [-0.2, 0) is 20.9 Å². The van der Waals surface area contributed by atoms with E-state index >= 15 is 0 Å². The lowest BCUT2D eigenvalue weighted by Gasteiger charge is -2.23. The van der Waals surface area contributed by atoms with E-state index in [9.17, 15) is 14.4 Å². The van der Waals surface area contributed by atoms with Crippen molar-refractivity contribution >= 4 is 35.2 Å². The van der Waals surface area contributed by atoms with Crippen LogP contribution in [0.25, 0.3) is 0 Å². The molecule has 180 valence electrons. The molecule has 1 saturated heterocycles. The van der Waals surface area contributed by atoms with Gasteiger partial charge in [0.15, 0.2) is 0 Å². The van der Waals surface area contributed by atoms with E-state index in [1.807, 2.05) is 12.1 Å². The molecule has 8 nitrogen and oxygen atoms in total. The fourth-order valence-corrected chi connectivity index (χ4v) is 5.11. The number of hydrogen-bond acceptors (Lipinski definition) is 7. The van der Waals surface area contributed by atoms with E-state index in [1.165, 1.54) is 22.9 Å². The number of carbonyl (C=O) groups excluding carboxylic acids is 3. The fourth-order valence-electron chi connectivity index (χ4n) is 4.05. The Morgan fingerprint density at radius 3 is 2.80 bits per heavy atom. The second kappa shape index (κ2) is 10.4. The van der Waals surface area contributed by atoms with E-state index in [-0.39, 0.29) is 36.6 Å². The lowest BCUT2D eigenvalue weighted by atomic mass is 10.1. The molecule has 0 spiro atoms. The Bertz CT molecular complexity index is 1240. The van der Waals surface area contributed by atoms with Crippen molar-refractivity contribution in [3.8, 4) is 0 Å². The zero-order valence-corrected chi connectivity index (χ0v) is 19.7. The molecule has 2 aliphatic heterocycles. The molecule has 35 heavy (non-hydrogen) atoms. The first-order chi connectivity index (χ1) is 17.1. The minimum Gasteiger partial charge on any atom is -0.466 e. The highest BCUT2D eigenvalue weighted by Crippen LogP contribution is 2.41. The van der Waals surface area contributed by atoms with Crippen LogP contribution in [0.3, 0.4) is 0 Å². The molecule has 5 rings (SSSR count). The number of hydrogen-bond donors (Lipinski definition) is 1. The number of nitrogens with one attached hydrogen (secondary N) is 1. The largest absolute Gasteiger partial charge is 0.466 e. The number of esters is 1. The molecule has 0 aliphatic carbocycles. The third-order valence-corrected chi connectivity index (χ3v) is 6.99. The monoisotopic (exact) mass is 492 g/mol. The number of nitrogens with zero attached hydrogens (tertiary/aromatic N) is 1. The Hall–Kier alpha value is -3.56. The average Bonchev–Trinajstić information content (AvgIpc) is 3.58. The molecule has 2 amide bonds. The lowest BCUT2D eigenvalue weighted by molar-refractivity contribution is -0.120. The maximum Gasteiger partial charge on any atom is 0.338 e. The van der Waals surface area contributed by atoms with Crippen LogP contribution in [0, 0.1) is 0 Å². The van der Waals surface area contributed by atoms with Crippen molar-refractivity contribution in [2.24, 2.45) is 0 Å². The van der Waals surface area contributed by atoms with Crippen LogP contribution in [0.15, 0.2) is 75.1 Å². The van der Waals surface area contributed by atoms with Crippen molar-refractivity contribution in [3.63, 3.8) is 0 Å². The summed E-state index contributed by atoms with van der Waals surface area (Å²) in [5.74, 6) is -0.625. The third-order valence-electron chi connectivity index (χ3n) is 5.85. The Labute approximate surface area is 206 Å². The first kappa shape index (κ1) is 23.2. The molecule has 0 saturated carbocycles. The standard InChI is InChI=1S/C26H24N2O6S/c29-24(27-14-18-5-3-11-32-18)15-28-21-13-17(26(31)34-16-19-6-4-12-33-19)9-10-23(21)35-22-8-2-1-7-20(22)25(28)30/h1-2,4,6-10,12-13,18H,3,5,11,14-16H2,(H,27,29)/t18-/m0/s1. The molecule has 2 aromatic carbocycles. The number of carbonyl (C=O) groups is 3. The van der Waals surface area contributed by atoms with Gasteiger partial charge in [0.25, 0.3) is 5.91 Å². The Balaban J connectivity index is 1.40. The van der Waals surface area contributed by atoms with E-state index in [0.717, 1.165) is 22.6 Å². The van der Waals surface area contributed by atoms with Crippen LogP contribution in [0.1, 0.15) is 39.3 Å². The molecular weight excluding hydrogens is 468 g/mol. The maximum atomic E-state index is 13.5. The summed E-state index contributed by atoms with van der Waals surface area (Å²) >= 11 is 1.42. The van der Waals surface area contributed by atoms with Crippen LogP contribution >= 0.6 is 11.8 Å². The lowest BCUT2D eigenvalue weighted by Crippen LogP contribution is -2.43. The molecule has 2 aliphatic rings. The minimum atomic E-state index is -0.550. The van der Waals surface area contributed by atoms with Gasteiger partial charge in [-0.05, 0) is 55.3 Å². The van der Waals surface area contributed by atoms with E-state index in [4.69, 9.17) is 13.9 Å². The Kier molecular flexibility index (Phi) is 6.87. The Morgan fingerprint density at radius 1 is 1.11 bits per heavy atom. The van der Waals surface area contributed by atoms with Crippen molar-refractivity contribution < 1.29 is 28.3 Å². The van der Waals surface area contributed by atoms with Crippen LogP contribution < -0.4 is 10.2 Å². The molecule has 1 N–H and O–H groups in total. The van der Waals surface area contributed by atoms with Crippen molar-refractivity contribution in [2.75, 3.05) is 24.6 Å². The summed E-state index contributed by atoms with van der Waals surface area (Å²) in [6, 6.07) is 15.7. The smallest absolute Gasteiger partial charge is 0.338 e. The van der Waals surface area contributed by atoms with E-state index in [2.05, 4.69) is 5.32 Å². The number of amides is 2. The summed E-state index contributed by atoms with van der Waals surface area (Å²) in [6.07, 6.45) is 3.39. The summed E-state index contributed by atoms with van der Waals surface area (Å²) in [7, 11) is 0. The summed E-state index contributed by atoms with van der Waals surface area (Å²) in [4.78, 5) is 42.1. The number of fused-ring (bicyclic) bond motifs is 2. The molecular formula is C26H24N2O6S. The number of rotatable bonds is 7. The highest BCUT2D eigenvalue weighted by atomic mass is 32.2. The summed E-state index contributed by atoms with van der Waals surface area (Å²) in [5, 5.41) is 2.87. The number of furan rings is 1. The molecule has 3 aromatic rings. The van der Waals surface area contributed by atoms with Crippen molar-refractivity contribution in [3.05, 3.63) is 77.7 Å². The van der Waals surface area contributed by atoms with Crippen molar-refractivity contribution in [1.29, 1.82) is 0 Å². The highest BCUT2D eigenvalue weighted by Gasteiger charge is 2.30. The topological polar surface area (TPSA) is 98.1 Å². The third kappa shape index (κ3) is 5.26. The quantitative estimate of drug-likeness (QED) is 0.497. The molecule has 1 atom stereocenters. The highest BCUT2D eigenvalue weighted by molar-refractivity contribution is 7.99. The van der Waals surface area contributed by atoms with Crippen LogP contribution in [0.5, 0.6) is 0 Å². The van der Waals surface area contributed by atoms with Gasteiger partial charge in [-0.1, -0.05) is 23.9 Å². The summed E-state index contributed by atoms with van der Waals surface area (Å²) in [5.41, 5.74) is 1.26. The number of ether oxygens (including phenoxy) is 2. The first-order valence-electron chi connectivity index (χ1n) is 11.4. The fraction of sp³-hybridized carbons (Fsp3) is 0.269. The van der Waals surface area contributed by atoms with Gasteiger partial charge < -0.3 is 19.2 Å². The van der Waals surface area contributed by atoms with Gasteiger partial charge in [0, 0.05) is 22.9 Å². The molecule has 3 heterocycles. The predicted molar refractivity (Wildman–Crippen MR) is 128 cm³/mol. The van der Waals surface area contributed by atoms with E-state index < -0.39 is 5.97 Å². The SMILES string of the molecule is O=C(CN1C(=O)c2ccccc2Sc2ccc(C(=O)OCc3ccco3)cc21)NC[C@@H]1CCCO1. The number of anilines is 1. The van der Waals surface area contributed by atoms with Gasteiger partial charge in [0.2, 0.25) is 5.91 Å². The van der Waals surface area contributed by atoms with Crippen LogP contribution in [0.2, 0.25) is 0 Å². The van der Waals surface area contributed by atoms with Gasteiger partial charge >= 0.3 is 5.97 Å². The minimum absolute atomic E-state index is 0.00196. The van der Waals surface area contributed by atoms with Gasteiger partial charge in [0.05, 0.1) is 29.2 Å². The normalized spacial score (nSPS) is 16.9. The van der Waals surface area contributed by atoms with Crippen molar-refractivity contribution in [2.45, 2.75) is 35.3 Å². The zero-order chi connectivity index (χ0) is 24.2. The van der Waals surface area contributed by atoms with Gasteiger partial charge in [-0.25, -0.2) is 4.79 Å². The predicted octanol–water partition coefficient (Wildman–Crippen LogP) is 4.04. The van der Waals surface area contributed by atoms with Crippen LogP contribution in [-0.4, -0.2) is 43.6 Å². The first-order valence-corrected chi connectivity index (χ1v) is 12.2. The second-order valence-corrected chi connectivity index (χ2v) is 9.35.